The van der Waals surface area contributed by atoms with Gasteiger partial charge in [0.15, 0.2) is 5.76 Å². The van der Waals surface area contributed by atoms with Gasteiger partial charge in [-0.05, 0) is 56.5 Å². The van der Waals surface area contributed by atoms with Crippen molar-refractivity contribution in [3.63, 3.8) is 0 Å². The molecule has 0 fully saturated rings. The second-order valence-electron chi connectivity index (χ2n) is 7.37. The minimum Gasteiger partial charge on any atom is -0.455 e. The molecular formula is C23H21ClN4O3. The van der Waals surface area contributed by atoms with E-state index in [2.05, 4.69) is 20.8 Å². The first-order valence-corrected chi connectivity index (χ1v) is 10.3. The van der Waals surface area contributed by atoms with E-state index in [0.29, 0.717) is 46.2 Å². The molecule has 0 aliphatic heterocycles. The minimum atomic E-state index is -0.356. The molecule has 0 saturated heterocycles. The summed E-state index contributed by atoms with van der Waals surface area (Å²) in [6, 6.07) is 8.68. The Kier molecular flexibility index (Phi) is 5.86. The number of nitrogens with one attached hydrogen (secondary N) is 2. The molecule has 31 heavy (non-hydrogen) atoms. The summed E-state index contributed by atoms with van der Waals surface area (Å²) in [7, 11) is 0. The van der Waals surface area contributed by atoms with Gasteiger partial charge in [-0.25, -0.2) is 5.43 Å². The molecule has 0 bridgehead atoms. The van der Waals surface area contributed by atoms with Crippen molar-refractivity contribution in [1.82, 2.24) is 10.4 Å². The molecule has 3 aromatic rings. The number of hydrogen-bond acceptors (Lipinski definition) is 5. The molecule has 8 heteroatoms. The van der Waals surface area contributed by atoms with Gasteiger partial charge in [0.1, 0.15) is 5.76 Å². The first-order valence-electron chi connectivity index (χ1n) is 9.91. The summed E-state index contributed by atoms with van der Waals surface area (Å²) in [6.45, 7) is 3.72. The molecule has 0 radical (unpaired) electrons. The first kappa shape index (κ1) is 20.8. The van der Waals surface area contributed by atoms with E-state index in [1.165, 1.54) is 6.20 Å². The molecule has 2 heterocycles. The number of benzene rings is 1. The molecule has 2 N–H and O–H groups in total. The molecule has 2 aromatic heterocycles. The highest BCUT2D eigenvalue weighted by atomic mass is 35.5. The van der Waals surface area contributed by atoms with Crippen molar-refractivity contribution in [2.45, 2.75) is 33.1 Å². The third-order valence-corrected chi connectivity index (χ3v) is 5.58. The van der Waals surface area contributed by atoms with Gasteiger partial charge >= 0.3 is 0 Å². The highest BCUT2D eigenvalue weighted by molar-refractivity contribution is 6.31. The van der Waals surface area contributed by atoms with Gasteiger partial charge in [0, 0.05) is 40.7 Å². The van der Waals surface area contributed by atoms with Gasteiger partial charge in [0.2, 0.25) is 0 Å². The van der Waals surface area contributed by atoms with Gasteiger partial charge in [-0.2, -0.15) is 5.10 Å². The SMILES string of the molecule is Cc1ccc(NC(=O)c2oc3c(c2C)/C(=N/NC(=O)c2cccnc2)CCC3)cc1Cl. The average Bonchev–Trinajstić information content (AvgIpc) is 3.12. The average molecular weight is 437 g/mol. The van der Waals surface area contributed by atoms with E-state index in [-0.39, 0.29) is 17.6 Å². The van der Waals surface area contributed by atoms with Gasteiger partial charge < -0.3 is 9.73 Å². The van der Waals surface area contributed by atoms with Crippen molar-refractivity contribution in [1.29, 1.82) is 0 Å². The summed E-state index contributed by atoms with van der Waals surface area (Å²) in [5.74, 6) is 0.230. The number of halogens is 1. The molecule has 7 nitrogen and oxygen atoms in total. The standard InChI is InChI=1S/C23H21ClN4O3/c1-13-8-9-16(11-17(13)24)26-23(30)21-14(2)20-18(6-3-7-19(20)31-21)27-28-22(29)15-5-4-10-25-12-15/h4-5,8-12H,3,6-7H2,1-2H3,(H,26,30)(H,28,29)/b27-18+. The largest absolute Gasteiger partial charge is 0.455 e. The van der Waals surface area contributed by atoms with Crippen LogP contribution in [0.5, 0.6) is 0 Å². The van der Waals surface area contributed by atoms with Gasteiger partial charge in [-0.15, -0.1) is 0 Å². The maximum atomic E-state index is 12.8. The van der Waals surface area contributed by atoms with Crippen LogP contribution in [0.2, 0.25) is 5.02 Å². The number of rotatable bonds is 4. The van der Waals surface area contributed by atoms with Gasteiger partial charge in [0.05, 0.1) is 11.3 Å². The topological polar surface area (TPSA) is 96.6 Å². The number of pyridine rings is 1. The monoisotopic (exact) mass is 436 g/mol. The van der Waals surface area contributed by atoms with Gasteiger partial charge in [-0.1, -0.05) is 17.7 Å². The highest BCUT2D eigenvalue weighted by Crippen LogP contribution is 2.30. The lowest BCUT2D eigenvalue weighted by molar-refractivity contribution is 0.0953. The zero-order valence-electron chi connectivity index (χ0n) is 17.2. The molecule has 1 aromatic carbocycles. The molecule has 1 aliphatic carbocycles. The minimum absolute atomic E-state index is 0.231. The fourth-order valence-electron chi connectivity index (χ4n) is 3.54. The van der Waals surface area contributed by atoms with E-state index in [4.69, 9.17) is 16.0 Å². The summed E-state index contributed by atoms with van der Waals surface area (Å²) in [6.07, 6.45) is 5.27. The van der Waals surface area contributed by atoms with Gasteiger partial charge in [0.25, 0.3) is 11.8 Å². The zero-order chi connectivity index (χ0) is 22.0. The molecule has 158 valence electrons. The van der Waals surface area contributed by atoms with E-state index in [9.17, 15) is 9.59 Å². The van der Waals surface area contributed by atoms with E-state index in [1.807, 2.05) is 19.9 Å². The van der Waals surface area contributed by atoms with Crippen LogP contribution in [-0.2, 0) is 6.42 Å². The number of hydrogen-bond donors (Lipinski definition) is 2. The number of carbonyl (C=O) groups is 2. The third kappa shape index (κ3) is 4.36. The van der Waals surface area contributed by atoms with Crippen LogP contribution in [0.4, 0.5) is 5.69 Å². The number of anilines is 1. The van der Waals surface area contributed by atoms with Crippen molar-refractivity contribution >= 4 is 34.8 Å². The Balaban J connectivity index is 1.57. The maximum Gasteiger partial charge on any atom is 0.291 e. The van der Waals surface area contributed by atoms with Gasteiger partial charge in [-0.3, -0.25) is 14.6 Å². The normalized spacial score (nSPS) is 14.2. The second kappa shape index (κ2) is 8.73. The van der Waals surface area contributed by atoms with Crippen LogP contribution in [0.3, 0.4) is 0 Å². The van der Waals surface area contributed by atoms with Crippen LogP contribution in [-0.4, -0.2) is 22.5 Å². The van der Waals surface area contributed by atoms with Crippen molar-refractivity contribution in [2.24, 2.45) is 5.10 Å². The molecule has 0 saturated carbocycles. The number of hydrazone groups is 1. The van der Waals surface area contributed by atoms with Crippen molar-refractivity contribution in [3.05, 3.63) is 81.5 Å². The number of nitrogens with zero attached hydrogens (tertiary/aromatic N) is 2. The highest BCUT2D eigenvalue weighted by Gasteiger charge is 2.28. The van der Waals surface area contributed by atoms with Crippen LogP contribution in [0.1, 0.15) is 56.2 Å². The fraction of sp³-hybridized carbons (Fsp3) is 0.217. The molecule has 0 spiro atoms. The van der Waals surface area contributed by atoms with Crippen molar-refractivity contribution in [3.8, 4) is 0 Å². The number of aromatic nitrogens is 1. The molecule has 1 aliphatic rings. The summed E-state index contributed by atoms with van der Waals surface area (Å²) < 4.78 is 5.90. The van der Waals surface area contributed by atoms with Crippen LogP contribution >= 0.6 is 11.6 Å². The van der Waals surface area contributed by atoms with Crippen LogP contribution in [0.25, 0.3) is 0 Å². The summed E-state index contributed by atoms with van der Waals surface area (Å²) in [5.41, 5.74) is 6.69. The lowest BCUT2D eigenvalue weighted by atomic mass is 9.93. The summed E-state index contributed by atoms with van der Waals surface area (Å²) in [4.78, 5) is 29.1. The second-order valence-corrected chi connectivity index (χ2v) is 7.77. The molecule has 4 rings (SSSR count). The Morgan fingerprint density at radius 1 is 1.16 bits per heavy atom. The van der Waals surface area contributed by atoms with E-state index < -0.39 is 0 Å². The Morgan fingerprint density at radius 3 is 2.74 bits per heavy atom. The van der Waals surface area contributed by atoms with Crippen LogP contribution in [0, 0.1) is 13.8 Å². The van der Waals surface area contributed by atoms with E-state index >= 15 is 0 Å². The predicted molar refractivity (Wildman–Crippen MR) is 119 cm³/mol. The number of furan rings is 1. The lowest BCUT2D eigenvalue weighted by Crippen LogP contribution is -2.22. The Bertz CT molecular complexity index is 1190. The van der Waals surface area contributed by atoms with Crippen molar-refractivity contribution < 1.29 is 14.0 Å². The van der Waals surface area contributed by atoms with Crippen LogP contribution < -0.4 is 10.7 Å². The summed E-state index contributed by atoms with van der Waals surface area (Å²) >= 11 is 6.15. The van der Waals surface area contributed by atoms with E-state index in [1.54, 1.807) is 30.5 Å². The molecular weight excluding hydrogens is 416 g/mol. The quantitative estimate of drug-likeness (QED) is 0.581. The smallest absolute Gasteiger partial charge is 0.291 e. The zero-order valence-corrected chi connectivity index (χ0v) is 17.9. The Labute approximate surface area is 184 Å². The third-order valence-electron chi connectivity index (χ3n) is 5.18. The number of fused-ring (bicyclic) bond motifs is 1. The number of amides is 2. The molecule has 0 unspecified atom stereocenters. The summed E-state index contributed by atoms with van der Waals surface area (Å²) in [5, 5.41) is 7.72. The number of aryl methyl sites for hydroxylation is 2. The van der Waals surface area contributed by atoms with Crippen molar-refractivity contribution in [2.75, 3.05) is 5.32 Å². The molecule has 2 amide bonds. The lowest BCUT2D eigenvalue weighted by Gasteiger charge is -2.13. The predicted octanol–water partition coefficient (Wildman–Crippen LogP) is 4.67. The molecule has 0 atom stereocenters. The number of carbonyl (C=O) groups excluding carboxylic acids is 2. The maximum absolute atomic E-state index is 12.8. The first-order chi connectivity index (χ1) is 14.9. The fourth-order valence-corrected chi connectivity index (χ4v) is 3.72. The Hall–Kier alpha value is -3.45. The van der Waals surface area contributed by atoms with E-state index in [0.717, 1.165) is 17.5 Å². The Morgan fingerprint density at radius 2 is 2.00 bits per heavy atom. The van der Waals surface area contributed by atoms with Crippen LogP contribution in [0.15, 0.2) is 52.2 Å².